The maximum absolute atomic E-state index is 11.4. The predicted octanol–water partition coefficient (Wildman–Crippen LogP) is 1.58. The lowest BCUT2D eigenvalue weighted by Gasteiger charge is -2.01. The highest BCUT2D eigenvalue weighted by Crippen LogP contribution is 2.20. The van der Waals surface area contributed by atoms with E-state index >= 15 is 0 Å². The van der Waals surface area contributed by atoms with Gasteiger partial charge < -0.3 is 15.3 Å². The monoisotopic (exact) mass is 294 g/mol. The summed E-state index contributed by atoms with van der Waals surface area (Å²) in [5.74, 6) is -1.31. The number of aliphatic carboxylic acids is 1. The number of phenolic OH excluding ortho intramolecular Hbond substituents is 2. The fourth-order valence-corrected chi connectivity index (χ4v) is 1.61. The third-order valence-corrected chi connectivity index (χ3v) is 2.70. The van der Waals surface area contributed by atoms with Crippen LogP contribution in [0, 0.1) is 0 Å². The number of benzene rings is 1. The van der Waals surface area contributed by atoms with E-state index < -0.39 is 5.97 Å². The standard InChI is InChI=1S/C14H18N2O5/c17-11-7-6-10(12(18)8-11)9-15-16-13(19)4-2-1-3-5-14(20)21/h6-9,17-18H,1-5H2,(H,16,19)(H,20,21)/b15-9+. The maximum Gasteiger partial charge on any atom is 0.303 e. The molecular weight excluding hydrogens is 276 g/mol. The Morgan fingerprint density at radius 1 is 1.14 bits per heavy atom. The normalized spacial score (nSPS) is 10.7. The van der Waals surface area contributed by atoms with Crippen molar-refractivity contribution in [1.82, 2.24) is 5.43 Å². The molecule has 1 rings (SSSR count). The minimum atomic E-state index is -0.835. The SMILES string of the molecule is O=C(O)CCCCCC(=O)N/N=C/c1ccc(O)cc1O. The fourth-order valence-electron chi connectivity index (χ4n) is 1.61. The maximum atomic E-state index is 11.4. The zero-order chi connectivity index (χ0) is 15.7. The Hall–Kier alpha value is -2.57. The summed E-state index contributed by atoms with van der Waals surface area (Å²) >= 11 is 0. The van der Waals surface area contributed by atoms with Crippen LogP contribution in [0.2, 0.25) is 0 Å². The lowest BCUT2D eigenvalue weighted by molar-refractivity contribution is -0.137. The average molecular weight is 294 g/mol. The third kappa shape index (κ3) is 6.95. The average Bonchev–Trinajstić information content (AvgIpc) is 2.40. The Balaban J connectivity index is 2.26. The molecule has 0 aliphatic rings. The second-order valence-corrected chi connectivity index (χ2v) is 4.49. The number of hydrazone groups is 1. The van der Waals surface area contributed by atoms with Crippen molar-refractivity contribution in [3.63, 3.8) is 0 Å². The van der Waals surface area contributed by atoms with E-state index in [1.807, 2.05) is 0 Å². The van der Waals surface area contributed by atoms with Crippen molar-refractivity contribution in [3.8, 4) is 11.5 Å². The molecule has 0 heterocycles. The van der Waals surface area contributed by atoms with Crippen LogP contribution in [-0.2, 0) is 9.59 Å². The van der Waals surface area contributed by atoms with Crippen molar-refractivity contribution < 1.29 is 24.9 Å². The molecule has 0 bridgehead atoms. The van der Waals surface area contributed by atoms with Gasteiger partial charge in [-0.2, -0.15) is 5.10 Å². The van der Waals surface area contributed by atoms with Crippen molar-refractivity contribution in [2.45, 2.75) is 32.1 Å². The van der Waals surface area contributed by atoms with E-state index in [2.05, 4.69) is 10.5 Å². The van der Waals surface area contributed by atoms with Gasteiger partial charge in [0.15, 0.2) is 0 Å². The molecule has 0 saturated heterocycles. The van der Waals surface area contributed by atoms with Crippen LogP contribution in [0.1, 0.15) is 37.7 Å². The Bertz CT molecular complexity index is 528. The molecule has 0 saturated carbocycles. The molecule has 0 fully saturated rings. The zero-order valence-corrected chi connectivity index (χ0v) is 11.5. The van der Waals surface area contributed by atoms with E-state index in [1.54, 1.807) is 0 Å². The Morgan fingerprint density at radius 3 is 2.52 bits per heavy atom. The Labute approximate surface area is 121 Å². The van der Waals surface area contributed by atoms with E-state index in [0.29, 0.717) is 24.8 Å². The molecule has 21 heavy (non-hydrogen) atoms. The number of aromatic hydroxyl groups is 2. The molecule has 0 aromatic heterocycles. The number of unbranched alkanes of at least 4 members (excludes halogenated alkanes) is 2. The number of nitrogens with zero attached hydrogens (tertiary/aromatic N) is 1. The Kier molecular flexibility index (Phi) is 6.73. The number of carboxylic acids is 1. The van der Waals surface area contributed by atoms with Gasteiger partial charge in [0.1, 0.15) is 11.5 Å². The highest BCUT2D eigenvalue weighted by atomic mass is 16.4. The lowest BCUT2D eigenvalue weighted by atomic mass is 10.1. The molecule has 1 amide bonds. The largest absolute Gasteiger partial charge is 0.508 e. The zero-order valence-electron chi connectivity index (χ0n) is 11.5. The van der Waals surface area contributed by atoms with E-state index in [0.717, 1.165) is 0 Å². The van der Waals surface area contributed by atoms with Gasteiger partial charge in [-0.15, -0.1) is 0 Å². The van der Waals surface area contributed by atoms with Crippen molar-refractivity contribution in [3.05, 3.63) is 23.8 Å². The first-order valence-electron chi connectivity index (χ1n) is 6.54. The van der Waals surface area contributed by atoms with Crippen molar-refractivity contribution in [2.75, 3.05) is 0 Å². The first-order chi connectivity index (χ1) is 9.99. The third-order valence-electron chi connectivity index (χ3n) is 2.70. The van der Waals surface area contributed by atoms with Crippen LogP contribution in [0.3, 0.4) is 0 Å². The van der Waals surface area contributed by atoms with Crippen molar-refractivity contribution >= 4 is 18.1 Å². The molecule has 0 aliphatic carbocycles. The molecule has 114 valence electrons. The lowest BCUT2D eigenvalue weighted by Crippen LogP contribution is -2.16. The first kappa shape index (κ1) is 16.5. The quantitative estimate of drug-likeness (QED) is 0.330. The summed E-state index contributed by atoms with van der Waals surface area (Å²) in [4.78, 5) is 21.7. The molecule has 1 aromatic carbocycles. The molecule has 7 nitrogen and oxygen atoms in total. The number of phenols is 2. The molecule has 0 unspecified atom stereocenters. The molecular formula is C14H18N2O5. The van der Waals surface area contributed by atoms with Crippen LogP contribution < -0.4 is 5.43 Å². The van der Waals surface area contributed by atoms with Gasteiger partial charge in [0.25, 0.3) is 0 Å². The smallest absolute Gasteiger partial charge is 0.303 e. The molecule has 0 atom stereocenters. The van der Waals surface area contributed by atoms with Gasteiger partial charge in [-0.05, 0) is 25.0 Å². The number of hydrogen-bond acceptors (Lipinski definition) is 5. The van der Waals surface area contributed by atoms with Gasteiger partial charge in [-0.3, -0.25) is 9.59 Å². The second kappa shape index (κ2) is 8.57. The van der Waals surface area contributed by atoms with E-state index in [4.69, 9.17) is 10.2 Å². The molecule has 0 aliphatic heterocycles. The molecule has 1 aromatic rings. The van der Waals surface area contributed by atoms with Crippen LogP contribution in [0.25, 0.3) is 0 Å². The second-order valence-electron chi connectivity index (χ2n) is 4.49. The van der Waals surface area contributed by atoms with Crippen molar-refractivity contribution in [2.24, 2.45) is 5.10 Å². The van der Waals surface area contributed by atoms with Crippen LogP contribution in [0.5, 0.6) is 11.5 Å². The first-order valence-corrected chi connectivity index (χ1v) is 6.54. The topological polar surface area (TPSA) is 119 Å². The predicted molar refractivity (Wildman–Crippen MR) is 76.2 cm³/mol. The van der Waals surface area contributed by atoms with Crippen LogP contribution in [0.15, 0.2) is 23.3 Å². The van der Waals surface area contributed by atoms with Gasteiger partial charge in [-0.25, -0.2) is 5.43 Å². The van der Waals surface area contributed by atoms with Crippen LogP contribution >= 0.6 is 0 Å². The number of carboxylic acid groups (broad SMARTS) is 1. The van der Waals surface area contributed by atoms with Crippen LogP contribution in [0.4, 0.5) is 0 Å². The molecule has 0 spiro atoms. The van der Waals surface area contributed by atoms with Gasteiger partial charge in [-0.1, -0.05) is 6.42 Å². The van der Waals surface area contributed by atoms with Gasteiger partial charge in [0.05, 0.1) is 6.21 Å². The highest BCUT2D eigenvalue weighted by molar-refractivity contribution is 5.85. The summed E-state index contributed by atoms with van der Waals surface area (Å²) in [7, 11) is 0. The van der Waals surface area contributed by atoms with Crippen molar-refractivity contribution in [1.29, 1.82) is 0 Å². The number of carbonyl (C=O) groups excluding carboxylic acids is 1. The summed E-state index contributed by atoms with van der Waals surface area (Å²) in [5.41, 5.74) is 2.68. The minimum Gasteiger partial charge on any atom is -0.508 e. The number of amides is 1. The van der Waals surface area contributed by atoms with E-state index in [-0.39, 0.29) is 30.2 Å². The van der Waals surface area contributed by atoms with Gasteiger partial charge >= 0.3 is 5.97 Å². The number of carbonyl (C=O) groups is 2. The minimum absolute atomic E-state index is 0.0601. The Morgan fingerprint density at radius 2 is 1.86 bits per heavy atom. The molecule has 0 radical (unpaired) electrons. The summed E-state index contributed by atoms with van der Waals surface area (Å²) in [6.45, 7) is 0. The fraction of sp³-hybridized carbons (Fsp3) is 0.357. The number of rotatable bonds is 8. The van der Waals surface area contributed by atoms with E-state index in [9.17, 15) is 14.7 Å². The van der Waals surface area contributed by atoms with Crippen LogP contribution in [-0.4, -0.2) is 33.4 Å². The molecule has 4 N–H and O–H groups in total. The van der Waals surface area contributed by atoms with Gasteiger partial charge in [0, 0.05) is 24.5 Å². The number of hydrogen-bond donors (Lipinski definition) is 4. The number of nitrogens with one attached hydrogen (secondary N) is 1. The summed E-state index contributed by atoms with van der Waals surface area (Å²) in [5, 5.41) is 30.8. The van der Waals surface area contributed by atoms with Gasteiger partial charge in [0.2, 0.25) is 5.91 Å². The summed E-state index contributed by atoms with van der Waals surface area (Å²) < 4.78 is 0. The molecule has 7 heteroatoms. The highest BCUT2D eigenvalue weighted by Gasteiger charge is 2.02. The summed E-state index contributed by atoms with van der Waals surface area (Å²) in [6, 6.07) is 4.03. The summed E-state index contributed by atoms with van der Waals surface area (Å²) in [6.07, 6.45) is 3.46. The van der Waals surface area contributed by atoms with E-state index in [1.165, 1.54) is 24.4 Å².